The maximum Gasteiger partial charge on any atom is 0.324 e. The number of amides is 2. The van der Waals surface area contributed by atoms with Crippen LogP contribution < -0.4 is 4.90 Å². The smallest absolute Gasteiger partial charge is 0.324 e. The number of nitrogens with zero attached hydrogens (tertiary/aromatic N) is 5. The number of carbonyl (C=O) groups excluding carboxylic acids is 1. The standard InChI is InChI=1S/C24H24F3N5O3/c25-20-12-16(22-28-29-23(35-22)21(26)27)6-7-17(20)13-32(18-4-2-1-3-5-18)24(33)31-10-8-30(9-11-31)19-14-34-15-19/h1-7,12,19,21H,8-11,13-15H2. The average molecular weight is 487 g/mol. The predicted octanol–water partition coefficient (Wildman–Crippen LogP) is 3.96. The molecule has 2 aromatic carbocycles. The van der Waals surface area contributed by atoms with Gasteiger partial charge in [0, 0.05) is 43.0 Å². The minimum Gasteiger partial charge on any atom is -0.415 e. The number of piperazine rings is 1. The molecular weight excluding hydrogens is 463 g/mol. The predicted molar refractivity (Wildman–Crippen MR) is 120 cm³/mol. The summed E-state index contributed by atoms with van der Waals surface area (Å²) in [6.07, 6.45) is -2.91. The largest absolute Gasteiger partial charge is 0.415 e. The van der Waals surface area contributed by atoms with Gasteiger partial charge in [0.15, 0.2) is 0 Å². The maximum absolute atomic E-state index is 15.1. The second-order valence-corrected chi connectivity index (χ2v) is 8.47. The van der Waals surface area contributed by atoms with E-state index < -0.39 is 18.1 Å². The van der Waals surface area contributed by atoms with Gasteiger partial charge >= 0.3 is 12.5 Å². The number of benzene rings is 2. The molecule has 0 N–H and O–H groups in total. The van der Waals surface area contributed by atoms with Crippen LogP contribution in [0.2, 0.25) is 0 Å². The van der Waals surface area contributed by atoms with Crippen molar-refractivity contribution in [3.63, 3.8) is 0 Å². The van der Waals surface area contributed by atoms with E-state index in [0.717, 1.165) is 32.4 Å². The Bertz CT molecular complexity index is 1160. The van der Waals surface area contributed by atoms with E-state index in [1.807, 2.05) is 18.2 Å². The van der Waals surface area contributed by atoms with Gasteiger partial charge in [-0.1, -0.05) is 24.3 Å². The highest BCUT2D eigenvalue weighted by molar-refractivity contribution is 5.92. The molecule has 8 nitrogen and oxygen atoms in total. The minimum absolute atomic E-state index is 0.00223. The van der Waals surface area contributed by atoms with E-state index in [1.54, 1.807) is 21.9 Å². The van der Waals surface area contributed by atoms with Gasteiger partial charge in [-0.15, -0.1) is 10.2 Å². The summed E-state index contributed by atoms with van der Waals surface area (Å²) in [7, 11) is 0. The Morgan fingerprint density at radius 3 is 2.40 bits per heavy atom. The second kappa shape index (κ2) is 10.0. The van der Waals surface area contributed by atoms with Gasteiger partial charge in [0.05, 0.1) is 25.8 Å². The van der Waals surface area contributed by atoms with Crippen molar-refractivity contribution in [3.8, 4) is 11.5 Å². The van der Waals surface area contributed by atoms with E-state index in [-0.39, 0.29) is 29.6 Å². The van der Waals surface area contributed by atoms with Crippen molar-refractivity contribution in [2.45, 2.75) is 19.0 Å². The summed E-state index contributed by atoms with van der Waals surface area (Å²) >= 11 is 0. The van der Waals surface area contributed by atoms with Crippen LogP contribution in [0.15, 0.2) is 52.9 Å². The fraction of sp³-hybridized carbons (Fsp3) is 0.375. The number of para-hydroxylation sites is 1. The molecule has 2 aliphatic heterocycles. The number of ether oxygens (including phenoxy) is 1. The number of anilines is 1. The fourth-order valence-electron chi connectivity index (χ4n) is 4.18. The third kappa shape index (κ3) is 5.01. The van der Waals surface area contributed by atoms with Crippen molar-refractivity contribution in [2.75, 3.05) is 44.3 Å². The van der Waals surface area contributed by atoms with Gasteiger partial charge in [-0.05, 0) is 24.3 Å². The summed E-state index contributed by atoms with van der Waals surface area (Å²) in [4.78, 5) is 19.2. The number of aromatic nitrogens is 2. The zero-order valence-electron chi connectivity index (χ0n) is 18.8. The highest BCUT2D eigenvalue weighted by Gasteiger charge is 2.32. The van der Waals surface area contributed by atoms with E-state index >= 15 is 4.39 Å². The molecule has 2 saturated heterocycles. The molecule has 0 unspecified atom stereocenters. The molecule has 2 aliphatic rings. The molecule has 2 amide bonds. The fourth-order valence-corrected chi connectivity index (χ4v) is 4.18. The van der Waals surface area contributed by atoms with Gasteiger partial charge in [0.2, 0.25) is 5.89 Å². The number of halogens is 3. The molecule has 0 atom stereocenters. The van der Waals surface area contributed by atoms with Gasteiger partial charge in [0.1, 0.15) is 5.82 Å². The molecule has 184 valence electrons. The van der Waals surface area contributed by atoms with Gasteiger partial charge in [-0.3, -0.25) is 9.80 Å². The third-order valence-corrected chi connectivity index (χ3v) is 6.28. The van der Waals surface area contributed by atoms with Crippen LogP contribution >= 0.6 is 0 Å². The number of rotatable bonds is 6. The van der Waals surface area contributed by atoms with E-state index in [0.29, 0.717) is 24.8 Å². The molecule has 11 heteroatoms. The molecule has 0 radical (unpaired) electrons. The quantitative estimate of drug-likeness (QED) is 0.524. The molecular formula is C24H24F3N5O3. The lowest BCUT2D eigenvalue weighted by atomic mass is 10.1. The van der Waals surface area contributed by atoms with Crippen LogP contribution in [-0.4, -0.2) is 71.5 Å². The molecule has 0 spiro atoms. The number of hydrogen-bond donors (Lipinski definition) is 0. The number of urea groups is 1. The Hall–Kier alpha value is -3.44. The monoisotopic (exact) mass is 487 g/mol. The molecule has 5 rings (SSSR count). The average Bonchev–Trinajstić information content (AvgIpc) is 3.34. The number of carbonyl (C=O) groups is 1. The van der Waals surface area contributed by atoms with E-state index in [4.69, 9.17) is 9.15 Å². The molecule has 3 heterocycles. The van der Waals surface area contributed by atoms with Crippen LogP contribution in [0.5, 0.6) is 0 Å². The van der Waals surface area contributed by atoms with Crippen LogP contribution in [-0.2, 0) is 11.3 Å². The first kappa shape index (κ1) is 23.3. The summed E-state index contributed by atoms with van der Waals surface area (Å²) < 4.78 is 50.7. The van der Waals surface area contributed by atoms with Gasteiger partial charge in [-0.2, -0.15) is 8.78 Å². The van der Waals surface area contributed by atoms with Crippen LogP contribution in [0, 0.1) is 5.82 Å². The van der Waals surface area contributed by atoms with Crippen LogP contribution in [0.25, 0.3) is 11.5 Å². The highest BCUT2D eigenvalue weighted by Crippen LogP contribution is 2.27. The summed E-state index contributed by atoms with van der Waals surface area (Å²) in [5.41, 5.74) is 1.10. The zero-order valence-corrected chi connectivity index (χ0v) is 18.8. The first-order valence-corrected chi connectivity index (χ1v) is 11.3. The van der Waals surface area contributed by atoms with Crippen LogP contribution in [0.4, 0.5) is 23.7 Å². The van der Waals surface area contributed by atoms with E-state index in [9.17, 15) is 13.6 Å². The first-order valence-electron chi connectivity index (χ1n) is 11.3. The Morgan fingerprint density at radius 1 is 1.06 bits per heavy atom. The molecule has 35 heavy (non-hydrogen) atoms. The SMILES string of the molecule is O=C(N1CCN(C2COC2)CC1)N(Cc1ccc(-c2nnc(C(F)F)o2)cc1F)c1ccccc1. The van der Waals surface area contributed by atoms with Gasteiger partial charge < -0.3 is 14.1 Å². The maximum atomic E-state index is 15.1. The summed E-state index contributed by atoms with van der Waals surface area (Å²) in [5.74, 6) is -1.63. The van der Waals surface area contributed by atoms with Crippen molar-refractivity contribution in [1.82, 2.24) is 20.0 Å². The molecule has 0 bridgehead atoms. The molecule has 0 saturated carbocycles. The Morgan fingerprint density at radius 2 is 1.80 bits per heavy atom. The number of alkyl halides is 2. The van der Waals surface area contributed by atoms with E-state index in [1.165, 1.54) is 12.1 Å². The Kier molecular flexibility index (Phi) is 6.69. The van der Waals surface area contributed by atoms with Crippen LogP contribution in [0.1, 0.15) is 17.9 Å². The van der Waals surface area contributed by atoms with Crippen molar-refractivity contribution >= 4 is 11.7 Å². The molecule has 2 fully saturated rings. The van der Waals surface area contributed by atoms with Crippen molar-refractivity contribution in [2.24, 2.45) is 0 Å². The molecule has 3 aromatic rings. The van der Waals surface area contributed by atoms with Crippen molar-refractivity contribution < 1.29 is 27.1 Å². The lowest BCUT2D eigenvalue weighted by Gasteiger charge is -2.43. The highest BCUT2D eigenvalue weighted by atomic mass is 19.3. The molecule has 1 aromatic heterocycles. The van der Waals surface area contributed by atoms with Crippen LogP contribution in [0.3, 0.4) is 0 Å². The second-order valence-electron chi connectivity index (χ2n) is 8.47. The summed E-state index contributed by atoms with van der Waals surface area (Å²) in [6, 6.07) is 13.4. The van der Waals surface area contributed by atoms with Gasteiger partial charge in [-0.25, -0.2) is 9.18 Å². The summed E-state index contributed by atoms with van der Waals surface area (Å²) in [5, 5.41) is 6.83. The Labute approximate surface area is 199 Å². The van der Waals surface area contributed by atoms with Crippen molar-refractivity contribution in [1.29, 1.82) is 0 Å². The Balaban J connectivity index is 1.34. The topological polar surface area (TPSA) is 74.9 Å². The lowest BCUT2D eigenvalue weighted by Crippen LogP contribution is -2.59. The van der Waals surface area contributed by atoms with Gasteiger partial charge in [0.25, 0.3) is 5.89 Å². The normalized spacial score (nSPS) is 17.0. The zero-order chi connectivity index (χ0) is 24.4. The lowest BCUT2D eigenvalue weighted by molar-refractivity contribution is -0.0738. The van der Waals surface area contributed by atoms with E-state index in [2.05, 4.69) is 15.1 Å². The first-order chi connectivity index (χ1) is 17.0. The number of hydrogen-bond acceptors (Lipinski definition) is 6. The minimum atomic E-state index is -2.91. The molecule has 0 aliphatic carbocycles. The third-order valence-electron chi connectivity index (χ3n) is 6.28. The van der Waals surface area contributed by atoms with Crippen molar-refractivity contribution in [3.05, 3.63) is 65.8 Å². The summed E-state index contributed by atoms with van der Waals surface area (Å²) in [6.45, 7) is 4.12.